The number of rotatable bonds is 3. The maximum atomic E-state index is 11.7. The quantitative estimate of drug-likeness (QED) is 0.791. The molecule has 0 spiro atoms. The van der Waals surface area contributed by atoms with Crippen molar-refractivity contribution in [1.29, 1.82) is 0 Å². The number of ether oxygens (including phenoxy) is 1. The van der Waals surface area contributed by atoms with Crippen molar-refractivity contribution in [2.45, 2.75) is 12.5 Å². The Morgan fingerprint density at radius 2 is 2.21 bits per heavy atom. The number of halogens is 1. The largest absolute Gasteiger partial charge is 0.478 e. The number of carboxylic acid groups (broad SMARTS) is 1. The van der Waals surface area contributed by atoms with Gasteiger partial charge in [-0.2, -0.15) is 0 Å². The first-order valence-electron chi connectivity index (χ1n) is 5.74. The van der Waals surface area contributed by atoms with Gasteiger partial charge in [0.15, 0.2) is 0 Å². The lowest BCUT2D eigenvalue weighted by Gasteiger charge is -2.12. The van der Waals surface area contributed by atoms with E-state index in [4.69, 9.17) is 21.4 Å². The standard InChI is InChI=1S/C12H13ClN2O4/c13-10-2-1-7(5-9(10)11(16)17)14-12(18)15-8-3-4-19-6-8/h1-2,5,8H,3-4,6H2,(H,16,17)(H2,14,15,18). The molecule has 2 amide bonds. The third-order valence-corrected chi connectivity index (χ3v) is 3.05. The van der Waals surface area contributed by atoms with Crippen molar-refractivity contribution < 1.29 is 19.4 Å². The van der Waals surface area contributed by atoms with Crippen LogP contribution in [-0.4, -0.2) is 36.4 Å². The Bertz CT molecular complexity index is 501. The topological polar surface area (TPSA) is 87.7 Å². The molecule has 2 rings (SSSR count). The molecular weight excluding hydrogens is 272 g/mol. The number of aromatic carboxylic acids is 1. The van der Waals surface area contributed by atoms with E-state index >= 15 is 0 Å². The van der Waals surface area contributed by atoms with E-state index < -0.39 is 12.0 Å². The third-order valence-electron chi connectivity index (χ3n) is 2.72. The highest BCUT2D eigenvalue weighted by molar-refractivity contribution is 6.33. The Morgan fingerprint density at radius 1 is 1.42 bits per heavy atom. The zero-order valence-electron chi connectivity index (χ0n) is 9.98. The maximum absolute atomic E-state index is 11.7. The molecule has 0 saturated carbocycles. The molecule has 1 atom stereocenters. The maximum Gasteiger partial charge on any atom is 0.337 e. The van der Waals surface area contributed by atoms with Crippen LogP contribution in [0.2, 0.25) is 5.02 Å². The lowest BCUT2D eigenvalue weighted by Crippen LogP contribution is -2.38. The third kappa shape index (κ3) is 3.59. The number of nitrogens with one attached hydrogen (secondary N) is 2. The molecule has 1 unspecified atom stereocenters. The molecule has 0 bridgehead atoms. The lowest BCUT2D eigenvalue weighted by atomic mass is 10.2. The van der Waals surface area contributed by atoms with E-state index in [1.807, 2.05) is 0 Å². The summed E-state index contributed by atoms with van der Waals surface area (Å²) in [7, 11) is 0. The molecule has 1 aliphatic heterocycles. The Labute approximate surface area is 114 Å². The molecule has 1 aliphatic rings. The fraction of sp³-hybridized carbons (Fsp3) is 0.333. The minimum Gasteiger partial charge on any atom is -0.478 e. The molecule has 0 aliphatic carbocycles. The molecule has 19 heavy (non-hydrogen) atoms. The van der Waals surface area contributed by atoms with Gasteiger partial charge in [0.05, 0.1) is 23.2 Å². The Hall–Kier alpha value is -1.79. The van der Waals surface area contributed by atoms with Crippen LogP contribution in [0, 0.1) is 0 Å². The molecule has 1 aromatic carbocycles. The van der Waals surface area contributed by atoms with Gasteiger partial charge >= 0.3 is 12.0 Å². The number of hydrogen-bond donors (Lipinski definition) is 3. The first-order valence-corrected chi connectivity index (χ1v) is 6.12. The molecule has 1 saturated heterocycles. The van der Waals surface area contributed by atoms with Gasteiger partial charge in [0, 0.05) is 12.3 Å². The van der Waals surface area contributed by atoms with E-state index in [-0.39, 0.29) is 16.6 Å². The number of carboxylic acids is 1. The molecule has 0 radical (unpaired) electrons. The molecular formula is C12H13ClN2O4. The van der Waals surface area contributed by atoms with Gasteiger partial charge in [-0.3, -0.25) is 0 Å². The summed E-state index contributed by atoms with van der Waals surface area (Å²) in [6.45, 7) is 1.13. The molecule has 102 valence electrons. The van der Waals surface area contributed by atoms with Crippen molar-refractivity contribution in [2.75, 3.05) is 18.5 Å². The molecule has 1 fully saturated rings. The molecule has 3 N–H and O–H groups in total. The summed E-state index contributed by atoms with van der Waals surface area (Å²) in [4.78, 5) is 22.6. The van der Waals surface area contributed by atoms with Gasteiger partial charge < -0.3 is 20.5 Å². The predicted octanol–water partition coefficient (Wildman–Crippen LogP) is 1.95. The number of anilines is 1. The number of hydrogen-bond acceptors (Lipinski definition) is 3. The summed E-state index contributed by atoms with van der Waals surface area (Å²) in [5.41, 5.74) is 0.321. The molecule has 0 aromatic heterocycles. The van der Waals surface area contributed by atoms with Crippen molar-refractivity contribution in [3.8, 4) is 0 Å². The van der Waals surface area contributed by atoms with Gasteiger partial charge in [-0.25, -0.2) is 9.59 Å². The van der Waals surface area contributed by atoms with Crippen LogP contribution in [0.1, 0.15) is 16.8 Å². The molecule has 6 nitrogen and oxygen atoms in total. The highest BCUT2D eigenvalue weighted by atomic mass is 35.5. The minimum atomic E-state index is -1.14. The van der Waals surface area contributed by atoms with Crippen LogP contribution in [0.25, 0.3) is 0 Å². The summed E-state index contributed by atoms with van der Waals surface area (Å²) in [5.74, 6) is -1.14. The van der Waals surface area contributed by atoms with Crippen molar-refractivity contribution in [3.05, 3.63) is 28.8 Å². The second-order valence-corrected chi connectivity index (χ2v) is 4.57. The van der Waals surface area contributed by atoms with Gasteiger partial charge in [0.1, 0.15) is 0 Å². The minimum absolute atomic E-state index is 0.00811. The van der Waals surface area contributed by atoms with Crippen LogP contribution >= 0.6 is 11.6 Å². The normalized spacial score (nSPS) is 18.1. The van der Waals surface area contributed by atoms with Crippen molar-refractivity contribution >= 4 is 29.3 Å². The molecule has 7 heteroatoms. The number of benzene rings is 1. The van der Waals surface area contributed by atoms with Gasteiger partial charge in [0.2, 0.25) is 0 Å². The molecule has 1 aromatic rings. The summed E-state index contributed by atoms with van der Waals surface area (Å²) in [6.07, 6.45) is 0.772. The summed E-state index contributed by atoms with van der Waals surface area (Å²) < 4.78 is 5.14. The van der Waals surface area contributed by atoms with E-state index in [1.54, 1.807) is 6.07 Å². The van der Waals surface area contributed by atoms with Crippen LogP contribution in [0.5, 0.6) is 0 Å². The van der Waals surface area contributed by atoms with E-state index in [0.29, 0.717) is 18.9 Å². The van der Waals surface area contributed by atoms with Crippen LogP contribution in [0.4, 0.5) is 10.5 Å². The predicted molar refractivity (Wildman–Crippen MR) is 69.8 cm³/mol. The van der Waals surface area contributed by atoms with Crippen molar-refractivity contribution in [2.24, 2.45) is 0 Å². The van der Waals surface area contributed by atoms with Crippen LogP contribution < -0.4 is 10.6 Å². The van der Waals surface area contributed by atoms with E-state index in [9.17, 15) is 9.59 Å². The first kappa shape index (κ1) is 13.6. The monoisotopic (exact) mass is 284 g/mol. The smallest absolute Gasteiger partial charge is 0.337 e. The van der Waals surface area contributed by atoms with Crippen LogP contribution in [-0.2, 0) is 4.74 Å². The zero-order valence-corrected chi connectivity index (χ0v) is 10.7. The van der Waals surface area contributed by atoms with Crippen LogP contribution in [0.3, 0.4) is 0 Å². The Balaban J connectivity index is 2.00. The Kier molecular flexibility index (Phi) is 4.24. The van der Waals surface area contributed by atoms with Crippen molar-refractivity contribution in [3.63, 3.8) is 0 Å². The number of amides is 2. The highest BCUT2D eigenvalue weighted by Crippen LogP contribution is 2.20. The second-order valence-electron chi connectivity index (χ2n) is 4.16. The van der Waals surface area contributed by atoms with E-state index in [1.165, 1.54) is 12.1 Å². The number of carbonyl (C=O) groups excluding carboxylic acids is 1. The van der Waals surface area contributed by atoms with E-state index in [2.05, 4.69) is 10.6 Å². The summed E-state index contributed by atoms with van der Waals surface area (Å²) in [6, 6.07) is 3.88. The average molecular weight is 285 g/mol. The summed E-state index contributed by atoms with van der Waals surface area (Å²) >= 11 is 5.74. The van der Waals surface area contributed by atoms with Gasteiger partial charge in [-0.15, -0.1) is 0 Å². The van der Waals surface area contributed by atoms with Gasteiger partial charge in [-0.05, 0) is 24.6 Å². The van der Waals surface area contributed by atoms with Gasteiger partial charge in [-0.1, -0.05) is 11.6 Å². The first-order chi connectivity index (χ1) is 9.06. The second kappa shape index (κ2) is 5.90. The summed E-state index contributed by atoms with van der Waals surface area (Å²) in [5, 5.41) is 14.4. The zero-order chi connectivity index (χ0) is 13.8. The molecule has 1 heterocycles. The van der Waals surface area contributed by atoms with Gasteiger partial charge in [0.25, 0.3) is 0 Å². The van der Waals surface area contributed by atoms with Crippen LogP contribution in [0.15, 0.2) is 18.2 Å². The highest BCUT2D eigenvalue weighted by Gasteiger charge is 2.18. The van der Waals surface area contributed by atoms with E-state index in [0.717, 1.165) is 6.42 Å². The SMILES string of the molecule is O=C(Nc1ccc(Cl)c(C(=O)O)c1)NC1CCOC1. The number of carbonyl (C=O) groups is 2. The number of urea groups is 1. The lowest BCUT2D eigenvalue weighted by molar-refractivity contribution is 0.0697. The van der Waals surface area contributed by atoms with Crippen molar-refractivity contribution in [1.82, 2.24) is 5.32 Å². The average Bonchev–Trinajstić information content (AvgIpc) is 2.84. The fourth-order valence-corrected chi connectivity index (χ4v) is 1.97. The fourth-order valence-electron chi connectivity index (χ4n) is 1.77. The Morgan fingerprint density at radius 3 is 2.84 bits per heavy atom.